The van der Waals surface area contributed by atoms with E-state index < -0.39 is 18.1 Å². The number of nitrogens with one attached hydrogen (secondary N) is 1. The maximum absolute atomic E-state index is 13.7. The highest BCUT2D eigenvalue weighted by Crippen LogP contribution is 2.34. The Morgan fingerprint density at radius 1 is 1.14 bits per heavy atom. The lowest BCUT2D eigenvalue weighted by Gasteiger charge is -2.23. The number of benzene rings is 2. The van der Waals surface area contributed by atoms with Gasteiger partial charge in [0.05, 0.1) is 24.7 Å². The minimum Gasteiger partial charge on any atom is -0.380 e. The highest BCUT2D eigenvalue weighted by atomic mass is 19.1. The van der Waals surface area contributed by atoms with Gasteiger partial charge in [-0.3, -0.25) is 19.5 Å². The van der Waals surface area contributed by atoms with Gasteiger partial charge in [-0.05, 0) is 36.2 Å². The number of pyridine rings is 1. The number of anilines is 1. The van der Waals surface area contributed by atoms with E-state index in [0.717, 1.165) is 40.7 Å². The third kappa shape index (κ3) is 4.60. The fourth-order valence-corrected chi connectivity index (χ4v) is 5.23. The lowest BCUT2D eigenvalue weighted by Crippen LogP contribution is -2.42. The second-order valence-corrected chi connectivity index (χ2v) is 9.36. The zero-order valence-electron chi connectivity index (χ0n) is 19.7. The lowest BCUT2D eigenvalue weighted by atomic mass is 9.96. The Morgan fingerprint density at radius 2 is 1.97 bits per heavy atom. The maximum Gasteiger partial charge on any atom is 0.249 e. The van der Waals surface area contributed by atoms with Gasteiger partial charge in [0.2, 0.25) is 11.8 Å². The summed E-state index contributed by atoms with van der Waals surface area (Å²) in [6, 6.07) is 16.5. The first-order valence-corrected chi connectivity index (χ1v) is 12.0. The first-order chi connectivity index (χ1) is 17.4. The van der Waals surface area contributed by atoms with E-state index in [-0.39, 0.29) is 31.5 Å². The number of alkyl halides is 1. The number of nitriles is 1. The number of halogens is 1. The van der Waals surface area contributed by atoms with Gasteiger partial charge in [0, 0.05) is 53.9 Å². The van der Waals surface area contributed by atoms with Gasteiger partial charge in [-0.1, -0.05) is 24.3 Å². The fourth-order valence-electron chi connectivity index (χ4n) is 5.23. The first-order valence-electron chi connectivity index (χ1n) is 12.0. The van der Waals surface area contributed by atoms with E-state index in [1.54, 1.807) is 18.3 Å². The van der Waals surface area contributed by atoms with Crippen LogP contribution in [0.4, 0.5) is 10.1 Å². The summed E-state index contributed by atoms with van der Waals surface area (Å²) in [4.78, 5) is 32.7. The number of nitrogens with zero attached hydrogens (tertiary/aromatic N) is 4. The Bertz CT molecular complexity index is 1360. The number of carbonyl (C=O) groups is 2. The molecular weight excluding hydrogens is 459 g/mol. The SMILES string of the molecule is N#C[C@@H]1C[C@H](F)CN1C(=O)CN1CC[C@H](Nc2ccc(-c3ccccc3C(N)=O)c3ncccc23)C1. The van der Waals surface area contributed by atoms with E-state index in [1.807, 2.05) is 47.4 Å². The van der Waals surface area contributed by atoms with Crippen LogP contribution in [0.3, 0.4) is 0 Å². The normalized spacial score (nSPS) is 22.0. The molecule has 0 aliphatic carbocycles. The van der Waals surface area contributed by atoms with Gasteiger partial charge < -0.3 is 16.0 Å². The Labute approximate surface area is 208 Å². The molecule has 1 aromatic heterocycles. The standard InChI is InChI=1S/C27H27FN6O2/c28-17-12-19(13-29)34(14-17)25(35)16-33-11-9-18(15-33)32-24-8-7-21(26-23(24)6-3-10-31-26)20-4-1-2-5-22(20)27(30)36/h1-8,10,17-19,32H,9,11-12,14-16H2,(H2,30,36)/t17-,18-,19-/m0/s1. The van der Waals surface area contributed by atoms with Crippen LogP contribution in [-0.2, 0) is 4.79 Å². The number of rotatable bonds is 6. The van der Waals surface area contributed by atoms with Crippen LogP contribution in [0.15, 0.2) is 54.7 Å². The second kappa shape index (κ2) is 9.91. The molecule has 3 heterocycles. The molecule has 3 N–H and O–H groups in total. The molecule has 2 aromatic carbocycles. The largest absolute Gasteiger partial charge is 0.380 e. The van der Waals surface area contributed by atoms with Crippen LogP contribution in [0, 0.1) is 11.3 Å². The van der Waals surface area contributed by atoms with Gasteiger partial charge in [-0.2, -0.15) is 5.26 Å². The summed E-state index contributed by atoms with van der Waals surface area (Å²) in [5.74, 6) is -0.691. The Morgan fingerprint density at radius 3 is 2.78 bits per heavy atom. The van der Waals surface area contributed by atoms with Crippen LogP contribution >= 0.6 is 0 Å². The van der Waals surface area contributed by atoms with Gasteiger partial charge in [-0.15, -0.1) is 0 Å². The molecule has 0 unspecified atom stereocenters. The molecule has 36 heavy (non-hydrogen) atoms. The van der Waals surface area contributed by atoms with Gasteiger partial charge in [0.25, 0.3) is 0 Å². The number of primary amides is 1. The molecule has 0 saturated carbocycles. The second-order valence-electron chi connectivity index (χ2n) is 9.36. The maximum atomic E-state index is 13.7. The Kier molecular flexibility index (Phi) is 6.53. The van der Waals surface area contributed by atoms with Crippen LogP contribution in [0.1, 0.15) is 23.2 Å². The molecule has 2 fully saturated rings. The highest BCUT2D eigenvalue weighted by Gasteiger charge is 2.36. The summed E-state index contributed by atoms with van der Waals surface area (Å²) in [5.41, 5.74) is 9.29. The number of fused-ring (bicyclic) bond motifs is 1. The minimum atomic E-state index is -1.13. The van der Waals surface area contributed by atoms with Crippen LogP contribution in [0.25, 0.3) is 22.0 Å². The predicted octanol–water partition coefficient (Wildman–Crippen LogP) is 2.95. The molecular formula is C27H27FN6O2. The molecule has 5 rings (SSSR count). The van der Waals surface area contributed by atoms with E-state index >= 15 is 0 Å². The monoisotopic (exact) mass is 486 g/mol. The molecule has 2 saturated heterocycles. The summed E-state index contributed by atoms with van der Waals surface area (Å²) in [7, 11) is 0. The molecule has 8 nitrogen and oxygen atoms in total. The number of likely N-dealkylation sites (tertiary alicyclic amines) is 2. The van der Waals surface area contributed by atoms with Crippen molar-refractivity contribution in [3.05, 3.63) is 60.3 Å². The molecule has 0 spiro atoms. The molecule has 0 radical (unpaired) electrons. The van der Waals surface area contributed by atoms with E-state index in [1.165, 1.54) is 4.90 Å². The van der Waals surface area contributed by atoms with Crippen molar-refractivity contribution in [3.8, 4) is 17.2 Å². The number of carbonyl (C=O) groups excluding carboxylic acids is 2. The fraction of sp³-hybridized carbons (Fsp3) is 0.333. The summed E-state index contributed by atoms with van der Waals surface area (Å²) >= 11 is 0. The van der Waals surface area contributed by atoms with E-state index in [2.05, 4.69) is 10.3 Å². The molecule has 2 aliphatic rings. The van der Waals surface area contributed by atoms with Crippen molar-refractivity contribution in [1.29, 1.82) is 5.26 Å². The van der Waals surface area contributed by atoms with Gasteiger partial charge in [-0.25, -0.2) is 4.39 Å². The smallest absolute Gasteiger partial charge is 0.249 e. The lowest BCUT2D eigenvalue weighted by molar-refractivity contribution is -0.132. The van der Waals surface area contributed by atoms with Crippen LogP contribution in [0.5, 0.6) is 0 Å². The van der Waals surface area contributed by atoms with Crippen molar-refractivity contribution >= 4 is 28.4 Å². The van der Waals surface area contributed by atoms with Crippen molar-refractivity contribution in [2.45, 2.75) is 31.1 Å². The number of hydrogen-bond acceptors (Lipinski definition) is 6. The molecule has 2 aliphatic heterocycles. The average Bonchev–Trinajstić information content (AvgIpc) is 3.49. The van der Waals surface area contributed by atoms with Crippen molar-refractivity contribution in [2.75, 3.05) is 31.5 Å². The van der Waals surface area contributed by atoms with Crippen molar-refractivity contribution < 1.29 is 14.0 Å². The molecule has 184 valence electrons. The number of hydrogen-bond donors (Lipinski definition) is 2. The van der Waals surface area contributed by atoms with Crippen LogP contribution < -0.4 is 11.1 Å². The zero-order valence-corrected chi connectivity index (χ0v) is 19.7. The molecule has 3 atom stereocenters. The minimum absolute atomic E-state index is 0.00318. The molecule has 2 amide bonds. The topological polar surface area (TPSA) is 115 Å². The number of nitrogens with two attached hydrogens (primary N) is 1. The van der Waals surface area contributed by atoms with Crippen molar-refractivity contribution in [1.82, 2.24) is 14.8 Å². The summed E-state index contributed by atoms with van der Waals surface area (Å²) < 4.78 is 13.7. The highest BCUT2D eigenvalue weighted by molar-refractivity contribution is 6.06. The molecule has 0 bridgehead atoms. The Balaban J connectivity index is 1.32. The van der Waals surface area contributed by atoms with Gasteiger partial charge >= 0.3 is 0 Å². The third-order valence-electron chi connectivity index (χ3n) is 6.96. The van der Waals surface area contributed by atoms with Crippen LogP contribution in [-0.4, -0.2) is 71.0 Å². The summed E-state index contributed by atoms with van der Waals surface area (Å²) in [5, 5.41) is 13.7. The Hall–Kier alpha value is -4.03. The quantitative estimate of drug-likeness (QED) is 0.554. The molecule has 9 heteroatoms. The predicted molar refractivity (Wildman–Crippen MR) is 135 cm³/mol. The van der Waals surface area contributed by atoms with E-state index in [0.29, 0.717) is 12.1 Å². The zero-order chi connectivity index (χ0) is 25.2. The third-order valence-corrected chi connectivity index (χ3v) is 6.96. The summed E-state index contributed by atoms with van der Waals surface area (Å²) in [6.45, 7) is 1.56. The van der Waals surface area contributed by atoms with Gasteiger partial charge in [0.15, 0.2) is 0 Å². The number of aromatic nitrogens is 1. The van der Waals surface area contributed by atoms with Gasteiger partial charge in [0.1, 0.15) is 12.2 Å². The average molecular weight is 487 g/mol. The first kappa shape index (κ1) is 23.7. The molecule has 3 aromatic rings. The van der Waals surface area contributed by atoms with Crippen molar-refractivity contribution in [3.63, 3.8) is 0 Å². The van der Waals surface area contributed by atoms with E-state index in [4.69, 9.17) is 5.73 Å². The van der Waals surface area contributed by atoms with E-state index in [9.17, 15) is 19.2 Å². The van der Waals surface area contributed by atoms with Crippen LogP contribution in [0.2, 0.25) is 0 Å². The summed E-state index contributed by atoms with van der Waals surface area (Å²) in [6.07, 6.45) is 1.52. The van der Waals surface area contributed by atoms with Crippen molar-refractivity contribution in [2.24, 2.45) is 5.73 Å². The number of amides is 2.